The Kier molecular flexibility index (Phi) is 7.76. The summed E-state index contributed by atoms with van der Waals surface area (Å²) < 4.78 is 0. The van der Waals surface area contributed by atoms with Gasteiger partial charge in [-0.05, 0) is 25.5 Å². The van der Waals surface area contributed by atoms with Gasteiger partial charge in [0.25, 0.3) is 0 Å². The number of H-pyrrole nitrogens is 1. The van der Waals surface area contributed by atoms with E-state index in [1.165, 1.54) is 12.8 Å². The van der Waals surface area contributed by atoms with Crippen LogP contribution in [0, 0.1) is 0 Å². The number of nitrogens with zero attached hydrogens (tertiary/aromatic N) is 1. The molecule has 1 aliphatic rings. The van der Waals surface area contributed by atoms with Gasteiger partial charge in [0.15, 0.2) is 0 Å². The Morgan fingerprint density at radius 2 is 2.25 bits per heavy atom. The van der Waals surface area contributed by atoms with Crippen LogP contribution in [0.2, 0.25) is 0 Å². The molecular formula is C10H19Cl2N3O. The average molecular weight is 268 g/mol. The minimum atomic E-state index is 0. The number of rotatable bonds is 3. The van der Waals surface area contributed by atoms with Gasteiger partial charge in [0.1, 0.15) is 0 Å². The Hall–Kier alpha value is -0.290. The first-order valence-corrected chi connectivity index (χ1v) is 5.26. The number of aliphatic hydroxyl groups is 1. The Morgan fingerprint density at radius 1 is 1.44 bits per heavy atom. The van der Waals surface area contributed by atoms with E-state index in [-0.39, 0.29) is 31.4 Å². The molecule has 16 heavy (non-hydrogen) atoms. The van der Waals surface area contributed by atoms with Gasteiger partial charge in [0.05, 0.1) is 5.69 Å². The van der Waals surface area contributed by atoms with Gasteiger partial charge in [-0.25, -0.2) is 0 Å². The second-order valence-corrected chi connectivity index (χ2v) is 3.83. The number of hydrogen-bond acceptors (Lipinski definition) is 3. The summed E-state index contributed by atoms with van der Waals surface area (Å²) in [5, 5.41) is 19.4. The molecule has 0 saturated carbocycles. The monoisotopic (exact) mass is 267 g/mol. The maximum Gasteiger partial charge on any atom is 0.0668 e. The highest BCUT2D eigenvalue weighted by molar-refractivity contribution is 5.85. The molecule has 1 saturated heterocycles. The average Bonchev–Trinajstić information content (AvgIpc) is 2.68. The Balaban J connectivity index is 0.00000112. The summed E-state index contributed by atoms with van der Waals surface area (Å²) in [7, 11) is 0. The third-order valence-corrected chi connectivity index (χ3v) is 2.75. The zero-order chi connectivity index (χ0) is 9.80. The maximum absolute atomic E-state index is 8.78. The van der Waals surface area contributed by atoms with Crippen LogP contribution < -0.4 is 5.32 Å². The molecule has 1 aliphatic heterocycles. The molecule has 3 N–H and O–H groups in total. The first-order chi connectivity index (χ1) is 6.90. The fraction of sp³-hybridized carbons (Fsp3) is 0.700. The first kappa shape index (κ1) is 15.7. The lowest BCUT2D eigenvalue weighted by Gasteiger charge is -2.20. The quantitative estimate of drug-likeness (QED) is 0.773. The van der Waals surface area contributed by atoms with Crippen molar-refractivity contribution in [3.63, 3.8) is 0 Å². The van der Waals surface area contributed by atoms with Gasteiger partial charge < -0.3 is 10.4 Å². The van der Waals surface area contributed by atoms with Crippen molar-refractivity contribution in [3.8, 4) is 0 Å². The number of hydrogen-bond donors (Lipinski definition) is 3. The zero-order valence-electron chi connectivity index (χ0n) is 9.11. The zero-order valence-corrected chi connectivity index (χ0v) is 10.7. The first-order valence-electron chi connectivity index (χ1n) is 5.26. The van der Waals surface area contributed by atoms with Crippen LogP contribution in [-0.2, 0) is 6.42 Å². The lowest BCUT2D eigenvalue weighted by atomic mass is 9.96. The highest BCUT2D eigenvalue weighted by Crippen LogP contribution is 2.21. The van der Waals surface area contributed by atoms with Crippen LogP contribution >= 0.6 is 24.8 Å². The van der Waals surface area contributed by atoms with Crippen molar-refractivity contribution in [2.45, 2.75) is 25.2 Å². The summed E-state index contributed by atoms with van der Waals surface area (Å²) in [6.07, 6.45) is 3.12. The van der Waals surface area contributed by atoms with E-state index in [0.29, 0.717) is 12.3 Å². The van der Waals surface area contributed by atoms with Crippen molar-refractivity contribution >= 4 is 24.8 Å². The normalized spacial score (nSPS) is 19.7. The second-order valence-electron chi connectivity index (χ2n) is 3.83. The fourth-order valence-electron chi connectivity index (χ4n) is 1.94. The summed E-state index contributed by atoms with van der Waals surface area (Å²) in [6.45, 7) is 2.35. The highest BCUT2D eigenvalue weighted by Gasteiger charge is 2.17. The smallest absolute Gasteiger partial charge is 0.0668 e. The van der Waals surface area contributed by atoms with Crippen molar-refractivity contribution in [3.05, 3.63) is 17.5 Å². The molecule has 0 bridgehead atoms. The van der Waals surface area contributed by atoms with E-state index in [2.05, 4.69) is 21.6 Å². The molecule has 6 heteroatoms. The van der Waals surface area contributed by atoms with Crippen LogP contribution in [0.25, 0.3) is 0 Å². The van der Waals surface area contributed by atoms with Gasteiger partial charge in [-0.3, -0.25) is 5.10 Å². The largest absolute Gasteiger partial charge is 0.396 e. The minimum Gasteiger partial charge on any atom is -0.396 e. The van der Waals surface area contributed by atoms with Gasteiger partial charge in [0.2, 0.25) is 0 Å². The van der Waals surface area contributed by atoms with Crippen molar-refractivity contribution in [1.29, 1.82) is 0 Å². The molecule has 4 nitrogen and oxygen atoms in total. The molecule has 0 spiro atoms. The van der Waals surface area contributed by atoms with E-state index in [9.17, 15) is 0 Å². The van der Waals surface area contributed by atoms with E-state index in [1.807, 2.05) is 0 Å². The lowest BCUT2D eigenvalue weighted by Crippen LogP contribution is -2.28. The Bertz CT molecular complexity index is 287. The van der Waals surface area contributed by atoms with Crippen LogP contribution in [-0.4, -0.2) is 35.0 Å². The van der Waals surface area contributed by atoms with Crippen LogP contribution in [0.1, 0.15) is 30.1 Å². The van der Waals surface area contributed by atoms with Crippen LogP contribution in [0.15, 0.2) is 6.07 Å². The third-order valence-electron chi connectivity index (χ3n) is 2.75. The predicted octanol–water partition coefficient (Wildman–Crippen LogP) is 1.26. The van der Waals surface area contributed by atoms with Crippen LogP contribution in [0.4, 0.5) is 0 Å². The molecule has 94 valence electrons. The van der Waals surface area contributed by atoms with Gasteiger partial charge in [-0.15, -0.1) is 24.8 Å². The van der Waals surface area contributed by atoms with E-state index in [0.717, 1.165) is 24.5 Å². The van der Waals surface area contributed by atoms with Crippen molar-refractivity contribution in [2.24, 2.45) is 0 Å². The maximum atomic E-state index is 8.78. The van der Waals surface area contributed by atoms with E-state index >= 15 is 0 Å². The number of aliphatic hydroxyl groups excluding tert-OH is 1. The molecule has 2 rings (SSSR count). The molecule has 1 unspecified atom stereocenters. The molecule has 1 aromatic rings. The SMILES string of the molecule is Cl.Cl.OCCc1cc(C2CCCNC2)n[nH]1. The van der Waals surface area contributed by atoms with Gasteiger partial charge in [-0.2, -0.15) is 5.10 Å². The minimum absolute atomic E-state index is 0. The molecule has 0 aliphatic carbocycles. The Labute approximate surface area is 108 Å². The third kappa shape index (κ3) is 3.94. The molecule has 2 heterocycles. The van der Waals surface area contributed by atoms with Crippen molar-refractivity contribution < 1.29 is 5.11 Å². The molecule has 0 amide bonds. The van der Waals surface area contributed by atoms with E-state index in [4.69, 9.17) is 5.11 Å². The molecule has 1 atom stereocenters. The van der Waals surface area contributed by atoms with E-state index < -0.39 is 0 Å². The van der Waals surface area contributed by atoms with Crippen LogP contribution in [0.5, 0.6) is 0 Å². The van der Waals surface area contributed by atoms with Gasteiger partial charge in [0, 0.05) is 31.2 Å². The summed E-state index contributed by atoms with van der Waals surface area (Å²) in [6, 6.07) is 2.08. The number of aromatic amines is 1. The van der Waals surface area contributed by atoms with Gasteiger partial charge >= 0.3 is 0 Å². The van der Waals surface area contributed by atoms with E-state index in [1.54, 1.807) is 0 Å². The summed E-state index contributed by atoms with van der Waals surface area (Å²) in [5.74, 6) is 0.549. The molecule has 1 fully saturated rings. The molecular weight excluding hydrogens is 249 g/mol. The fourth-order valence-corrected chi connectivity index (χ4v) is 1.94. The summed E-state index contributed by atoms with van der Waals surface area (Å²) in [4.78, 5) is 0. The topological polar surface area (TPSA) is 60.9 Å². The second kappa shape index (κ2) is 7.90. The molecule has 0 radical (unpaired) electrons. The van der Waals surface area contributed by atoms with Crippen LogP contribution in [0.3, 0.4) is 0 Å². The summed E-state index contributed by atoms with van der Waals surface area (Å²) in [5.41, 5.74) is 2.17. The standard InChI is InChI=1S/C10H17N3O.2ClH/c14-5-3-9-6-10(13-12-9)8-2-1-4-11-7-8;;/h6,8,11,14H,1-5,7H2,(H,12,13);2*1H. The number of nitrogens with one attached hydrogen (secondary N) is 2. The van der Waals surface area contributed by atoms with Gasteiger partial charge in [-0.1, -0.05) is 0 Å². The lowest BCUT2D eigenvalue weighted by molar-refractivity contribution is 0.298. The highest BCUT2D eigenvalue weighted by atomic mass is 35.5. The molecule has 1 aromatic heterocycles. The Morgan fingerprint density at radius 3 is 2.88 bits per heavy atom. The number of halogens is 2. The van der Waals surface area contributed by atoms with Crippen molar-refractivity contribution in [2.75, 3.05) is 19.7 Å². The number of piperidine rings is 1. The van der Waals surface area contributed by atoms with Crippen molar-refractivity contribution in [1.82, 2.24) is 15.5 Å². The predicted molar refractivity (Wildman–Crippen MR) is 68.7 cm³/mol. The number of aromatic nitrogens is 2. The summed E-state index contributed by atoms with van der Waals surface area (Å²) >= 11 is 0. The molecule has 0 aromatic carbocycles.